The molecule has 3 aromatic heterocycles. The van der Waals surface area contributed by atoms with E-state index in [0.29, 0.717) is 30.6 Å². The van der Waals surface area contributed by atoms with Crippen molar-refractivity contribution < 1.29 is 8.42 Å². The van der Waals surface area contributed by atoms with Crippen LogP contribution in [-0.2, 0) is 10.0 Å². The van der Waals surface area contributed by atoms with Gasteiger partial charge in [-0.15, -0.1) is 5.10 Å². The largest absolute Gasteiger partial charge is 0.367 e. The number of pyridine rings is 2. The average molecular weight is 414 g/mol. The van der Waals surface area contributed by atoms with Gasteiger partial charge < -0.3 is 10.2 Å². The van der Waals surface area contributed by atoms with Gasteiger partial charge in [-0.1, -0.05) is 13.8 Å². The number of hydrogen-bond donors (Lipinski definition) is 2. The third-order valence-electron chi connectivity index (χ3n) is 4.75. The molecule has 0 aliphatic carbocycles. The van der Waals surface area contributed by atoms with Crippen molar-refractivity contribution >= 4 is 38.4 Å². The lowest BCUT2D eigenvalue weighted by Gasteiger charge is -2.40. The van der Waals surface area contributed by atoms with E-state index in [-0.39, 0.29) is 6.04 Å². The number of fused-ring (bicyclic) bond motifs is 1. The van der Waals surface area contributed by atoms with Crippen molar-refractivity contribution in [2.75, 3.05) is 29.6 Å². The summed E-state index contributed by atoms with van der Waals surface area (Å²) < 4.78 is 25.3. The van der Waals surface area contributed by atoms with Crippen LogP contribution in [-0.4, -0.2) is 54.0 Å². The smallest absolute Gasteiger partial charge is 0.209 e. The van der Waals surface area contributed by atoms with Crippen LogP contribution in [0.1, 0.15) is 25.3 Å². The van der Waals surface area contributed by atoms with E-state index in [1.54, 1.807) is 12.4 Å². The molecule has 152 valence electrons. The molecule has 1 aliphatic heterocycles. The SMILES string of the molecule is CC(C)c1cnnc(Nc2ccc3ncc(N4CC(NS(C)(=O)=O)C4)cc3n2)c1. The number of aromatic nitrogens is 4. The molecule has 0 radical (unpaired) electrons. The summed E-state index contributed by atoms with van der Waals surface area (Å²) in [5, 5.41) is 11.4. The Hall–Kier alpha value is -2.85. The van der Waals surface area contributed by atoms with Gasteiger partial charge in [0.05, 0.1) is 41.4 Å². The molecule has 1 saturated heterocycles. The highest BCUT2D eigenvalue weighted by Crippen LogP contribution is 2.25. The third-order valence-corrected chi connectivity index (χ3v) is 5.51. The van der Waals surface area contributed by atoms with Gasteiger partial charge in [-0.2, -0.15) is 5.10 Å². The van der Waals surface area contributed by atoms with Gasteiger partial charge >= 0.3 is 0 Å². The molecule has 0 saturated carbocycles. The molecule has 0 bridgehead atoms. The zero-order valence-electron chi connectivity index (χ0n) is 16.5. The van der Waals surface area contributed by atoms with Gasteiger partial charge in [-0.3, -0.25) is 4.98 Å². The lowest BCUT2D eigenvalue weighted by Crippen LogP contribution is -2.59. The van der Waals surface area contributed by atoms with E-state index in [0.717, 1.165) is 22.3 Å². The van der Waals surface area contributed by atoms with Crippen molar-refractivity contribution in [3.8, 4) is 0 Å². The first-order valence-electron chi connectivity index (χ1n) is 9.35. The highest BCUT2D eigenvalue weighted by Gasteiger charge is 2.29. The first-order valence-corrected chi connectivity index (χ1v) is 11.2. The van der Waals surface area contributed by atoms with Crippen molar-refractivity contribution in [1.82, 2.24) is 24.9 Å². The van der Waals surface area contributed by atoms with Gasteiger partial charge in [0.25, 0.3) is 0 Å². The summed E-state index contributed by atoms with van der Waals surface area (Å²) in [6, 6.07) is 7.61. The fraction of sp³-hybridized carbons (Fsp3) is 0.368. The summed E-state index contributed by atoms with van der Waals surface area (Å²) in [7, 11) is -3.19. The number of nitrogens with zero attached hydrogens (tertiary/aromatic N) is 5. The summed E-state index contributed by atoms with van der Waals surface area (Å²) >= 11 is 0. The molecule has 4 heterocycles. The maximum atomic E-state index is 11.3. The van der Waals surface area contributed by atoms with Crippen molar-refractivity contribution in [2.24, 2.45) is 0 Å². The highest BCUT2D eigenvalue weighted by molar-refractivity contribution is 7.88. The summed E-state index contributed by atoms with van der Waals surface area (Å²) in [6.45, 7) is 5.42. The fourth-order valence-electron chi connectivity index (χ4n) is 3.19. The van der Waals surface area contributed by atoms with Gasteiger partial charge in [0, 0.05) is 13.1 Å². The van der Waals surface area contributed by atoms with Gasteiger partial charge in [0.15, 0.2) is 5.82 Å². The van der Waals surface area contributed by atoms with Gasteiger partial charge in [0.1, 0.15) is 5.82 Å². The van der Waals surface area contributed by atoms with Gasteiger partial charge in [0.2, 0.25) is 10.0 Å². The van der Waals surface area contributed by atoms with E-state index < -0.39 is 10.0 Å². The average Bonchev–Trinajstić information content (AvgIpc) is 2.63. The normalized spacial score (nSPS) is 15.0. The van der Waals surface area contributed by atoms with Crippen LogP contribution in [0.4, 0.5) is 17.3 Å². The van der Waals surface area contributed by atoms with E-state index in [1.807, 2.05) is 24.3 Å². The Morgan fingerprint density at radius 3 is 2.62 bits per heavy atom. The molecule has 0 unspecified atom stereocenters. The van der Waals surface area contributed by atoms with Crippen molar-refractivity contribution in [2.45, 2.75) is 25.8 Å². The van der Waals surface area contributed by atoms with E-state index in [2.05, 4.69) is 49.0 Å². The lowest BCUT2D eigenvalue weighted by molar-refractivity contribution is 0.471. The summed E-state index contributed by atoms with van der Waals surface area (Å²) in [4.78, 5) is 11.2. The van der Waals surface area contributed by atoms with Crippen LogP contribution in [0.15, 0.2) is 36.7 Å². The summed E-state index contributed by atoms with van der Waals surface area (Å²) in [5.74, 6) is 1.66. The Bertz CT molecular complexity index is 1140. The number of anilines is 3. The second-order valence-corrected chi connectivity index (χ2v) is 9.35. The first-order chi connectivity index (χ1) is 13.8. The molecule has 0 amide bonds. The van der Waals surface area contributed by atoms with Gasteiger partial charge in [-0.25, -0.2) is 18.1 Å². The van der Waals surface area contributed by atoms with Crippen molar-refractivity contribution in [1.29, 1.82) is 0 Å². The number of rotatable bonds is 6. The Morgan fingerprint density at radius 1 is 1.10 bits per heavy atom. The Balaban J connectivity index is 1.51. The quantitative estimate of drug-likeness (QED) is 0.631. The molecule has 1 aliphatic rings. The monoisotopic (exact) mass is 413 g/mol. The molecular weight excluding hydrogens is 390 g/mol. The van der Waals surface area contributed by atoms with Crippen LogP contribution >= 0.6 is 0 Å². The zero-order valence-corrected chi connectivity index (χ0v) is 17.3. The third kappa shape index (κ3) is 4.60. The van der Waals surface area contributed by atoms with E-state index in [1.165, 1.54) is 6.26 Å². The summed E-state index contributed by atoms with van der Waals surface area (Å²) in [6.07, 6.45) is 4.72. The van der Waals surface area contributed by atoms with Crippen molar-refractivity contribution in [3.63, 3.8) is 0 Å². The van der Waals surface area contributed by atoms with Crippen LogP contribution in [0.5, 0.6) is 0 Å². The predicted octanol–water partition coefficient (Wildman–Crippen LogP) is 2.02. The van der Waals surface area contributed by atoms with E-state index >= 15 is 0 Å². The molecule has 0 spiro atoms. The van der Waals surface area contributed by atoms with Crippen LogP contribution in [0.3, 0.4) is 0 Å². The lowest BCUT2D eigenvalue weighted by atomic mass is 10.1. The second-order valence-electron chi connectivity index (χ2n) is 7.57. The maximum absolute atomic E-state index is 11.3. The zero-order chi connectivity index (χ0) is 20.6. The Morgan fingerprint density at radius 2 is 1.90 bits per heavy atom. The van der Waals surface area contributed by atoms with Crippen LogP contribution in [0.25, 0.3) is 11.0 Å². The molecule has 4 rings (SSSR count). The predicted molar refractivity (Wildman–Crippen MR) is 113 cm³/mol. The number of nitrogens with one attached hydrogen (secondary N) is 2. The first kappa shape index (κ1) is 19.5. The molecule has 0 aromatic carbocycles. The maximum Gasteiger partial charge on any atom is 0.209 e. The summed E-state index contributed by atoms with van der Waals surface area (Å²) in [5.41, 5.74) is 3.55. The minimum Gasteiger partial charge on any atom is -0.367 e. The van der Waals surface area contributed by atoms with E-state index in [4.69, 9.17) is 0 Å². The highest BCUT2D eigenvalue weighted by atomic mass is 32.2. The minimum absolute atomic E-state index is 0.0755. The molecule has 29 heavy (non-hydrogen) atoms. The van der Waals surface area contributed by atoms with Gasteiger partial charge in [-0.05, 0) is 35.7 Å². The van der Waals surface area contributed by atoms with Crippen molar-refractivity contribution in [3.05, 3.63) is 42.2 Å². The van der Waals surface area contributed by atoms with Crippen LogP contribution < -0.4 is 14.9 Å². The fourth-order valence-corrected chi connectivity index (χ4v) is 3.95. The molecule has 10 heteroatoms. The van der Waals surface area contributed by atoms with Crippen LogP contribution in [0.2, 0.25) is 0 Å². The topological polar surface area (TPSA) is 113 Å². The van der Waals surface area contributed by atoms with E-state index in [9.17, 15) is 8.42 Å². The second kappa shape index (κ2) is 7.53. The molecule has 3 aromatic rings. The standard InChI is InChI=1S/C19H23N7O2S/c1-12(2)13-6-19(24-21-8-13)23-18-5-4-16-17(22-18)7-15(9-20-16)26-10-14(11-26)25-29(3,27)28/h4-9,12,14,25H,10-11H2,1-3H3,(H,22,23,24). The number of hydrogen-bond acceptors (Lipinski definition) is 8. The Labute approximate surface area is 169 Å². The Kier molecular flexibility index (Phi) is 5.05. The molecular formula is C19H23N7O2S. The molecule has 2 N–H and O–H groups in total. The van der Waals surface area contributed by atoms with Crippen LogP contribution in [0, 0.1) is 0 Å². The number of sulfonamides is 1. The minimum atomic E-state index is -3.19. The molecule has 1 fully saturated rings. The molecule has 9 nitrogen and oxygen atoms in total. The molecule has 0 atom stereocenters.